The van der Waals surface area contributed by atoms with E-state index in [0.29, 0.717) is 17.0 Å². The molecule has 0 aliphatic heterocycles. The van der Waals surface area contributed by atoms with E-state index in [0.717, 1.165) is 0 Å². The molecule has 0 saturated heterocycles. The second kappa shape index (κ2) is 7.48. The molecule has 136 valence electrons. The number of rotatable bonds is 5. The molecule has 0 radical (unpaired) electrons. The summed E-state index contributed by atoms with van der Waals surface area (Å²) in [6.07, 6.45) is 3.26. The Hall–Kier alpha value is -4.01. The normalized spacial score (nSPS) is 11.2. The van der Waals surface area contributed by atoms with Gasteiger partial charge in [-0.15, -0.1) is 0 Å². The topological polar surface area (TPSA) is 123 Å². The fourth-order valence-electron chi connectivity index (χ4n) is 2.39. The van der Waals surface area contributed by atoms with E-state index in [1.807, 2.05) is 0 Å². The Morgan fingerprint density at radius 3 is 2.59 bits per heavy atom. The van der Waals surface area contributed by atoms with E-state index in [1.54, 1.807) is 30.1 Å². The van der Waals surface area contributed by atoms with Gasteiger partial charge >= 0.3 is 0 Å². The first-order chi connectivity index (χ1) is 13.0. The number of nitro benzene ring substituents is 1. The Labute approximate surface area is 153 Å². The number of imidazole rings is 1. The maximum atomic E-state index is 12.3. The van der Waals surface area contributed by atoms with E-state index in [2.05, 4.69) is 15.5 Å². The van der Waals surface area contributed by atoms with Crippen LogP contribution in [0.25, 0.3) is 0 Å². The molecule has 1 amide bonds. The number of aromatic hydroxyl groups is 1. The van der Waals surface area contributed by atoms with Crippen LogP contribution in [-0.2, 0) is 7.05 Å². The van der Waals surface area contributed by atoms with Crippen LogP contribution in [-0.4, -0.2) is 31.2 Å². The standard InChI is InChI=1S/C18H15N5O4/c1-22-10-9-19-17(22)16(13-3-2-4-14(11-13)23(26)27)20-21-18(25)12-5-7-15(24)8-6-12/h2-11,24H,1H3,(H,21,25). The summed E-state index contributed by atoms with van der Waals surface area (Å²) in [6, 6.07) is 11.6. The van der Waals surface area contributed by atoms with Crippen LogP contribution < -0.4 is 5.43 Å². The van der Waals surface area contributed by atoms with Gasteiger partial charge in [0.05, 0.1) is 4.92 Å². The molecule has 0 aliphatic rings. The van der Waals surface area contributed by atoms with Crippen molar-refractivity contribution in [2.75, 3.05) is 0 Å². The van der Waals surface area contributed by atoms with Crippen LogP contribution in [0.3, 0.4) is 0 Å². The number of carbonyl (C=O) groups excluding carboxylic acids is 1. The minimum Gasteiger partial charge on any atom is -0.508 e. The van der Waals surface area contributed by atoms with Crippen molar-refractivity contribution in [2.45, 2.75) is 0 Å². The third-order valence-electron chi connectivity index (χ3n) is 3.76. The Morgan fingerprint density at radius 1 is 1.22 bits per heavy atom. The lowest BCUT2D eigenvalue weighted by atomic mass is 10.1. The number of aromatic nitrogens is 2. The molecule has 2 N–H and O–H groups in total. The number of non-ortho nitro benzene ring substituents is 1. The first-order valence-electron chi connectivity index (χ1n) is 7.85. The van der Waals surface area contributed by atoms with E-state index >= 15 is 0 Å². The third kappa shape index (κ3) is 3.98. The summed E-state index contributed by atoms with van der Waals surface area (Å²) in [7, 11) is 1.75. The number of hydrogen-bond donors (Lipinski definition) is 2. The maximum absolute atomic E-state index is 12.3. The van der Waals surface area contributed by atoms with Gasteiger partial charge in [0.25, 0.3) is 11.6 Å². The van der Waals surface area contributed by atoms with Crippen LogP contribution >= 0.6 is 0 Å². The van der Waals surface area contributed by atoms with Crippen molar-refractivity contribution in [3.8, 4) is 5.75 Å². The van der Waals surface area contributed by atoms with Gasteiger partial charge in [-0.3, -0.25) is 14.9 Å². The van der Waals surface area contributed by atoms with Crippen LogP contribution in [0.5, 0.6) is 5.75 Å². The zero-order valence-corrected chi connectivity index (χ0v) is 14.2. The number of nitrogens with one attached hydrogen (secondary N) is 1. The molecule has 0 saturated carbocycles. The number of phenolic OH excluding ortho intramolecular Hbond substituents is 1. The first-order valence-corrected chi connectivity index (χ1v) is 7.85. The highest BCUT2D eigenvalue weighted by molar-refractivity contribution is 6.11. The summed E-state index contributed by atoms with van der Waals surface area (Å²) in [6.45, 7) is 0. The van der Waals surface area contributed by atoms with Gasteiger partial charge in [-0.1, -0.05) is 12.1 Å². The van der Waals surface area contributed by atoms with Crippen molar-refractivity contribution < 1.29 is 14.8 Å². The molecule has 9 heteroatoms. The summed E-state index contributed by atoms with van der Waals surface area (Å²) in [5.74, 6) is -0.0195. The largest absolute Gasteiger partial charge is 0.508 e. The van der Waals surface area contributed by atoms with Gasteiger partial charge in [-0.2, -0.15) is 5.10 Å². The molecule has 3 rings (SSSR count). The number of aryl methyl sites for hydroxylation is 1. The van der Waals surface area contributed by atoms with Crippen molar-refractivity contribution in [1.29, 1.82) is 0 Å². The molecular formula is C18H15N5O4. The summed E-state index contributed by atoms with van der Waals surface area (Å²) in [4.78, 5) is 27.1. The lowest BCUT2D eigenvalue weighted by molar-refractivity contribution is -0.384. The van der Waals surface area contributed by atoms with E-state index in [1.165, 1.54) is 42.5 Å². The number of amides is 1. The molecule has 0 spiro atoms. The van der Waals surface area contributed by atoms with E-state index in [4.69, 9.17) is 0 Å². The number of hydrogen-bond acceptors (Lipinski definition) is 6. The quantitative estimate of drug-likeness (QED) is 0.408. The average molecular weight is 365 g/mol. The number of nitrogens with zero attached hydrogens (tertiary/aromatic N) is 4. The molecule has 27 heavy (non-hydrogen) atoms. The highest BCUT2D eigenvalue weighted by Gasteiger charge is 2.16. The number of carbonyl (C=O) groups is 1. The van der Waals surface area contributed by atoms with Crippen molar-refractivity contribution in [2.24, 2.45) is 12.1 Å². The highest BCUT2D eigenvalue weighted by atomic mass is 16.6. The summed E-state index contributed by atoms with van der Waals surface area (Å²) in [5.41, 5.74) is 3.34. The Balaban J connectivity index is 1.98. The molecular weight excluding hydrogens is 350 g/mol. The Kier molecular flexibility index (Phi) is 4.93. The summed E-state index contributed by atoms with van der Waals surface area (Å²) >= 11 is 0. The van der Waals surface area contributed by atoms with Gasteiger partial charge < -0.3 is 9.67 Å². The van der Waals surface area contributed by atoms with Gasteiger partial charge in [0.2, 0.25) is 0 Å². The SMILES string of the molecule is Cn1ccnc1C(=NNC(=O)c1ccc(O)cc1)c1cccc([N+](=O)[O-])c1. The van der Waals surface area contributed by atoms with Crippen LogP contribution in [0.2, 0.25) is 0 Å². The molecule has 1 heterocycles. The minimum absolute atomic E-state index is 0.0420. The molecule has 0 bridgehead atoms. The zero-order chi connectivity index (χ0) is 19.4. The van der Waals surface area contributed by atoms with E-state index in [9.17, 15) is 20.0 Å². The molecule has 0 unspecified atom stereocenters. The molecule has 9 nitrogen and oxygen atoms in total. The predicted molar refractivity (Wildman–Crippen MR) is 97.5 cm³/mol. The highest BCUT2D eigenvalue weighted by Crippen LogP contribution is 2.17. The van der Waals surface area contributed by atoms with Gasteiger partial charge in [-0.05, 0) is 24.3 Å². The fourth-order valence-corrected chi connectivity index (χ4v) is 2.39. The van der Waals surface area contributed by atoms with E-state index in [-0.39, 0.29) is 17.1 Å². The van der Waals surface area contributed by atoms with E-state index < -0.39 is 10.8 Å². The predicted octanol–water partition coefficient (Wildman–Crippen LogP) is 2.22. The monoisotopic (exact) mass is 365 g/mol. The van der Waals surface area contributed by atoms with Crippen molar-refractivity contribution in [3.63, 3.8) is 0 Å². The minimum atomic E-state index is -0.505. The van der Waals surface area contributed by atoms with Crippen LogP contribution in [0.15, 0.2) is 66.0 Å². The lowest BCUT2D eigenvalue weighted by Gasteiger charge is -2.08. The Bertz CT molecular complexity index is 1020. The van der Waals surface area contributed by atoms with Crippen LogP contribution in [0.1, 0.15) is 21.7 Å². The van der Waals surface area contributed by atoms with Crippen molar-refractivity contribution in [1.82, 2.24) is 15.0 Å². The number of nitro groups is 1. The Morgan fingerprint density at radius 2 is 1.96 bits per heavy atom. The molecule has 3 aromatic rings. The number of phenols is 1. The summed E-state index contributed by atoms with van der Waals surface area (Å²) in [5, 5.41) is 24.5. The van der Waals surface area contributed by atoms with Gasteiger partial charge in [0.15, 0.2) is 5.82 Å². The zero-order valence-electron chi connectivity index (χ0n) is 14.2. The molecule has 0 atom stereocenters. The van der Waals surface area contributed by atoms with Crippen LogP contribution in [0.4, 0.5) is 5.69 Å². The number of benzene rings is 2. The number of hydrazone groups is 1. The van der Waals surface area contributed by atoms with Crippen molar-refractivity contribution in [3.05, 3.63) is 88.0 Å². The van der Waals surface area contributed by atoms with Gasteiger partial charge in [0.1, 0.15) is 11.5 Å². The molecule has 1 aromatic heterocycles. The fraction of sp³-hybridized carbons (Fsp3) is 0.0556. The second-order valence-corrected chi connectivity index (χ2v) is 5.62. The molecule has 0 fully saturated rings. The summed E-state index contributed by atoms with van der Waals surface area (Å²) < 4.78 is 1.68. The van der Waals surface area contributed by atoms with Gasteiger partial charge in [0, 0.05) is 42.7 Å². The third-order valence-corrected chi connectivity index (χ3v) is 3.76. The lowest BCUT2D eigenvalue weighted by Crippen LogP contribution is -2.22. The van der Waals surface area contributed by atoms with Crippen LogP contribution in [0, 0.1) is 10.1 Å². The average Bonchev–Trinajstić information content (AvgIpc) is 3.08. The molecule has 2 aromatic carbocycles. The smallest absolute Gasteiger partial charge is 0.271 e. The van der Waals surface area contributed by atoms with Crippen molar-refractivity contribution >= 4 is 17.3 Å². The second-order valence-electron chi connectivity index (χ2n) is 5.62. The maximum Gasteiger partial charge on any atom is 0.271 e. The van der Waals surface area contributed by atoms with Gasteiger partial charge in [-0.25, -0.2) is 10.4 Å². The first kappa shape index (κ1) is 17.8. The molecule has 0 aliphatic carbocycles.